The van der Waals surface area contributed by atoms with Crippen LogP contribution in [0.5, 0.6) is 0 Å². The Hall–Kier alpha value is -1.73. The molecule has 25 heavy (non-hydrogen) atoms. The second-order valence-electron chi connectivity index (χ2n) is 6.55. The fourth-order valence-electron chi connectivity index (χ4n) is 3.35. The summed E-state index contributed by atoms with van der Waals surface area (Å²) in [6.07, 6.45) is 2.92. The third-order valence-electron chi connectivity index (χ3n) is 4.61. The fraction of sp³-hybridized carbons (Fsp3) is 0.444. The number of aromatic nitrogens is 1. The summed E-state index contributed by atoms with van der Waals surface area (Å²) < 4.78 is 25.3. The van der Waals surface area contributed by atoms with E-state index < -0.39 is 15.6 Å². The third kappa shape index (κ3) is 3.93. The number of carbonyl (C=O) groups excluding carboxylic acids is 1. The lowest BCUT2D eigenvalue weighted by atomic mass is 9.98. The molecule has 2 heterocycles. The average Bonchev–Trinajstić information content (AvgIpc) is 3.06. The Balaban J connectivity index is 1.78. The maximum absolute atomic E-state index is 12.6. The number of likely N-dealkylation sites (tertiary alicyclic amines) is 1. The first kappa shape index (κ1) is 18.1. The van der Waals surface area contributed by atoms with Crippen LogP contribution in [-0.2, 0) is 14.6 Å². The van der Waals surface area contributed by atoms with Crippen LogP contribution in [0.1, 0.15) is 33.1 Å². The lowest BCUT2D eigenvalue weighted by molar-refractivity contribution is -0.134. The van der Waals surface area contributed by atoms with Crippen LogP contribution in [0.2, 0.25) is 0 Å². The van der Waals surface area contributed by atoms with Gasteiger partial charge in [0.05, 0.1) is 5.69 Å². The molecule has 3 rings (SSSR count). The largest absolute Gasteiger partial charge is 0.336 e. The van der Waals surface area contributed by atoms with E-state index in [9.17, 15) is 13.2 Å². The van der Waals surface area contributed by atoms with Gasteiger partial charge in [0.2, 0.25) is 20.1 Å². The second-order valence-corrected chi connectivity index (χ2v) is 9.58. The molecule has 7 heteroatoms. The van der Waals surface area contributed by atoms with E-state index in [1.165, 1.54) is 0 Å². The van der Waals surface area contributed by atoms with Crippen molar-refractivity contribution in [3.63, 3.8) is 0 Å². The molecule has 0 radical (unpaired) electrons. The zero-order chi connectivity index (χ0) is 18.0. The molecule has 1 amide bonds. The number of nitrogens with zero attached hydrogens (tertiary/aromatic N) is 2. The highest BCUT2D eigenvalue weighted by molar-refractivity contribution is 7.94. The van der Waals surface area contributed by atoms with E-state index in [4.69, 9.17) is 0 Å². The predicted octanol–water partition coefficient (Wildman–Crippen LogP) is 3.37. The molecule has 1 fully saturated rings. The molecule has 0 bridgehead atoms. The summed E-state index contributed by atoms with van der Waals surface area (Å²) in [7, 11) is -3.73. The van der Waals surface area contributed by atoms with Crippen LogP contribution in [0.25, 0.3) is 11.3 Å². The number of thiazole rings is 1. The Bertz CT molecular complexity index is 836. The van der Waals surface area contributed by atoms with Gasteiger partial charge in [-0.15, -0.1) is 11.3 Å². The zero-order valence-electron chi connectivity index (χ0n) is 14.4. The Morgan fingerprint density at radius 2 is 1.84 bits per heavy atom. The molecule has 0 saturated carbocycles. The van der Waals surface area contributed by atoms with Gasteiger partial charge in [-0.05, 0) is 33.1 Å². The summed E-state index contributed by atoms with van der Waals surface area (Å²) in [6, 6.07) is 9.59. The molecule has 0 spiro atoms. The molecular weight excluding hydrogens is 356 g/mol. The van der Waals surface area contributed by atoms with Crippen molar-refractivity contribution in [1.29, 1.82) is 0 Å². The number of hydrogen-bond donors (Lipinski definition) is 0. The molecule has 1 aliphatic rings. The van der Waals surface area contributed by atoms with Gasteiger partial charge in [-0.3, -0.25) is 4.79 Å². The molecule has 1 aromatic heterocycles. The summed E-state index contributed by atoms with van der Waals surface area (Å²) in [4.78, 5) is 18.6. The monoisotopic (exact) mass is 378 g/mol. The van der Waals surface area contributed by atoms with Crippen molar-refractivity contribution >= 4 is 27.1 Å². The number of benzene rings is 1. The predicted molar refractivity (Wildman–Crippen MR) is 99.2 cm³/mol. The highest BCUT2D eigenvalue weighted by atomic mass is 32.2. The van der Waals surface area contributed by atoms with Crippen molar-refractivity contribution in [2.45, 2.75) is 49.5 Å². The van der Waals surface area contributed by atoms with Gasteiger partial charge in [-0.1, -0.05) is 30.3 Å². The molecule has 2 aromatic rings. The van der Waals surface area contributed by atoms with E-state index >= 15 is 0 Å². The Kier molecular flexibility index (Phi) is 5.24. The minimum atomic E-state index is -3.73. The second kappa shape index (κ2) is 7.25. The first-order valence-electron chi connectivity index (χ1n) is 8.43. The van der Waals surface area contributed by atoms with Gasteiger partial charge < -0.3 is 4.90 Å². The Morgan fingerprint density at radius 3 is 2.48 bits per heavy atom. The van der Waals surface area contributed by atoms with Gasteiger partial charge in [0, 0.05) is 23.0 Å². The number of amides is 1. The maximum Gasteiger partial charge on any atom is 0.238 e. The van der Waals surface area contributed by atoms with E-state index in [1.807, 2.05) is 44.2 Å². The smallest absolute Gasteiger partial charge is 0.238 e. The normalized spacial score (nSPS) is 21.3. The summed E-state index contributed by atoms with van der Waals surface area (Å²) in [5, 5.41) is 1.72. The van der Waals surface area contributed by atoms with Crippen molar-refractivity contribution in [2.24, 2.45) is 0 Å². The Morgan fingerprint density at radius 1 is 1.20 bits per heavy atom. The lowest BCUT2D eigenvalue weighted by Crippen LogP contribution is -2.49. The lowest BCUT2D eigenvalue weighted by Gasteiger charge is -2.39. The first-order valence-corrected chi connectivity index (χ1v) is 11.0. The van der Waals surface area contributed by atoms with Crippen LogP contribution in [0.4, 0.5) is 0 Å². The fourth-order valence-corrected chi connectivity index (χ4v) is 5.65. The molecule has 0 N–H and O–H groups in total. The molecule has 5 nitrogen and oxygen atoms in total. The van der Waals surface area contributed by atoms with Gasteiger partial charge >= 0.3 is 0 Å². The van der Waals surface area contributed by atoms with Crippen molar-refractivity contribution in [3.8, 4) is 11.3 Å². The van der Waals surface area contributed by atoms with Crippen LogP contribution < -0.4 is 0 Å². The minimum absolute atomic E-state index is 0.0111. The van der Waals surface area contributed by atoms with Gasteiger partial charge in [-0.25, -0.2) is 13.4 Å². The van der Waals surface area contributed by atoms with Crippen molar-refractivity contribution in [3.05, 3.63) is 35.7 Å². The molecular formula is C18H22N2O3S2. The van der Waals surface area contributed by atoms with Crippen LogP contribution in [0.15, 0.2) is 40.1 Å². The summed E-state index contributed by atoms with van der Waals surface area (Å²) >= 11 is 1.07. The van der Waals surface area contributed by atoms with Crippen molar-refractivity contribution in [2.75, 3.05) is 5.75 Å². The number of hydrogen-bond acceptors (Lipinski definition) is 5. The summed E-state index contributed by atoms with van der Waals surface area (Å²) in [6.45, 7) is 3.97. The van der Waals surface area contributed by atoms with Crippen LogP contribution >= 0.6 is 11.3 Å². The van der Waals surface area contributed by atoms with E-state index in [-0.39, 0.29) is 22.3 Å². The maximum atomic E-state index is 12.6. The Labute approximate surface area is 152 Å². The van der Waals surface area contributed by atoms with Crippen molar-refractivity contribution in [1.82, 2.24) is 9.88 Å². The molecule has 0 aliphatic carbocycles. The van der Waals surface area contributed by atoms with Crippen LogP contribution in [0.3, 0.4) is 0 Å². The van der Waals surface area contributed by atoms with E-state index in [0.717, 1.165) is 36.2 Å². The highest BCUT2D eigenvalue weighted by Gasteiger charge is 2.33. The molecule has 134 valence electrons. The van der Waals surface area contributed by atoms with E-state index in [2.05, 4.69) is 4.98 Å². The number of piperidine rings is 1. The average molecular weight is 379 g/mol. The molecule has 1 saturated heterocycles. The molecule has 1 aromatic carbocycles. The van der Waals surface area contributed by atoms with Gasteiger partial charge in [0.15, 0.2) is 0 Å². The minimum Gasteiger partial charge on any atom is -0.336 e. The number of sulfone groups is 1. The van der Waals surface area contributed by atoms with Crippen molar-refractivity contribution < 1.29 is 13.2 Å². The SMILES string of the molecule is C[C@@H]1CCC[C@@H](C)N1C(=O)CS(=O)(=O)c1nc(-c2ccccc2)cs1. The topological polar surface area (TPSA) is 67.3 Å². The summed E-state index contributed by atoms with van der Waals surface area (Å²) in [5.74, 6) is -0.833. The van der Waals surface area contributed by atoms with Gasteiger partial charge in [-0.2, -0.15) is 0 Å². The number of rotatable bonds is 4. The molecule has 0 unspecified atom stereocenters. The molecule has 2 atom stereocenters. The zero-order valence-corrected chi connectivity index (χ0v) is 16.0. The van der Waals surface area contributed by atoms with E-state index in [1.54, 1.807) is 10.3 Å². The highest BCUT2D eigenvalue weighted by Crippen LogP contribution is 2.27. The van der Waals surface area contributed by atoms with Crippen LogP contribution in [-0.4, -0.2) is 42.0 Å². The summed E-state index contributed by atoms with van der Waals surface area (Å²) in [5.41, 5.74) is 1.49. The van der Waals surface area contributed by atoms with E-state index in [0.29, 0.717) is 5.69 Å². The first-order chi connectivity index (χ1) is 11.9. The standard InChI is InChI=1S/C18H22N2O3S2/c1-13-7-6-8-14(2)20(13)17(21)12-25(22,23)18-19-16(11-24-18)15-9-4-3-5-10-15/h3-5,9-11,13-14H,6-8,12H2,1-2H3/t13-,14-/m1/s1. The number of carbonyl (C=O) groups is 1. The molecule has 1 aliphatic heterocycles. The quantitative estimate of drug-likeness (QED) is 0.818. The van der Waals surface area contributed by atoms with Gasteiger partial charge in [0.1, 0.15) is 5.75 Å². The third-order valence-corrected chi connectivity index (χ3v) is 7.55. The van der Waals surface area contributed by atoms with Crippen LogP contribution in [0, 0.1) is 0 Å². The van der Waals surface area contributed by atoms with Gasteiger partial charge in [0.25, 0.3) is 0 Å².